The second kappa shape index (κ2) is 6.83. The fraction of sp³-hybridized carbons (Fsp3) is 0.571. The lowest BCUT2D eigenvalue weighted by molar-refractivity contribution is 0.394. The molecule has 1 atom stereocenters. The van der Waals surface area contributed by atoms with Crippen molar-refractivity contribution in [2.45, 2.75) is 30.7 Å². The summed E-state index contributed by atoms with van der Waals surface area (Å²) in [6.07, 6.45) is 1.98. The Balaban J connectivity index is 2.12. The topological polar surface area (TPSA) is 49.4 Å². The van der Waals surface area contributed by atoms with Crippen LogP contribution in [0.15, 0.2) is 29.2 Å². The molecule has 1 unspecified atom stereocenters. The number of thioether (sulfide) groups is 1. The zero-order chi connectivity index (χ0) is 14.6. The first-order valence-corrected chi connectivity index (χ1v) is 9.55. The highest BCUT2D eigenvalue weighted by molar-refractivity contribution is 7.99. The first-order chi connectivity index (χ1) is 9.55. The van der Waals surface area contributed by atoms with Gasteiger partial charge in [0.05, 0.1) is 4.90 Å². The summed E-state index contributed by atoms with van der Waals surface area (Å²) in [5.74, 6) is 1.94. The van der Waals surface area contributed by atoms with E-state index < -0.39 is 10.0 Å². The van der Waals surface area contributed by atoms with E-state index in [0.717, 1.165) is 36.6 Å². The van der Waals surface area contributed by atoms with E-state index in [1.807, 2.05) is 23.9 Å². The first-order valence-electron chi connectivity index (χ1n) is 6.95. The monoisotopic (exact) mass is 314 g/mol. The van der Waals surface area contributed by atoms with Crippen LogP contribution in [0.2, 0.25) is 0 Å². The Morgan fingerprint density at radius 3 is 2.60 bits per heavy atom. The van der Waals surface area contributed by atoms with Gasteiger partial charge in [0, 0.05) is 31.1 Å². The van der Waals surface area contributed by atoms with Crippen LogP contribution in [0.5, 0.6) is 0 Å². The number of hydrogen-bond acceptors (Lipinski definition) is 4. The zero-order valence-corrected chi connectivity index (χ0v) is 13.6. The second-order valence-electron chi connectivity index (χ2n) is 4.99. The molecule has 0 saturated carbocycles. The molecule has 0 aliphatic carbocycles. The molecular formula is C14H22N2O2S2. The highest BCUT2D eigenvalue weighted by Gasteiger charge is 2.30. The minimum Gasteiger partial charge on any atom is -0.385 e. The standard InChI is InChI=1S/C14H22N2O2S2/c1-3-9-15-12-4-6-14(7-5-12)20(17,18)16(2)13-8-10-19-11-13/h4-7,13,15H,3,8-11H2,1-2H3. The summed E-state index contributed by atoms with van der Waals surface area (Å²) in [4.78, 5) is 0.374. The van der Waals surface area contributed by atoms with Crippen molar-refractivity contribution in [2.75, 3.05) is 30.4 Å². The van der Waals surface area contributed by atoms with Crippen LogP contribution in [0.4, 0.5) is 5.69 Å². The lowest BCUT2D eigenvalue weighted by Crippen LogP contribution is -2.36. The molecule has 20 heavy (non-hydrogen) atoms. The van der Waals surface area contributed by atoms with Gasteiger partial charge < -0.3 is 5.32 Å². The van der Waals surface area contributed by atoms with E-state index in [1.165, 1.54) is 4.31 Å². The van der Waals surface area contributed by atoms with Crippen LogP contribution in [0.3, 0.4) is 0 Å². The third kappa shape index (κ3) is 3.48. The largest absolute Gasteiger partial charge is 0.385 e. The SMILES string of the molecule is CCCNc1ccc(S(=O)(=O)N(C)C2CCSC2)cc1. The van der Waals surface area contributed by atoms with E-state index in [-0.39, 0.29) is 6.04 Å². The molecule has 6 heteroatoms. The third-order valence-corrected chi connectivity index (χ3v) is 6.60. The van der Waals surface area contributed by atoms with Crippen LogP contribution in [0, 0.1) is 0 Å². The summed E-state index contributed by atoms with van der Waals surface area (Å²) in [6.45, 7) is 2.99. The molecule has 1 aliphatic rings. The first kappa shape index (κ1) is 15.7. The van der Waals surface area contributed by atoms with Gasteiger partial charge in [0.1, 0.15) is 0 Å². The Bertz CT molecular complexity index is 523. The summed E-state index contributed by atoms with van der Waals surface area (Å²) in [5.41, 5.74) is 0.963. The van der Waals surface area contributed by atoms with Crippen molar-refractivity contribution in [3.05, 3.63) is 24.3 Å². The normalized spacial score (nSPS) is 19.4. The molecule has 0 radical (unpaired) electrons. The van der Waals surface area contributed by atoms with Gasteiger partial charge in [-0.05, 0) is 42.9 Å². The van der Waals surface area contributed by atoms with Crippen molar-refractivity contribution in [3.8, 4) is 0 Å². The molecule has 0 amide bonds. The van der Waals surface area contributed by atoms with Crippen molar-refractivity contribution >= 4 is 27.5 Å². The molecule has 1 aromatic rings. The maximum atomic E-state index is 12.5. The lowest BCUT2D eigenvalue weighted by atomic mass is 10.3. The molecular weight excluding hydrogens is 292 g/mol. The van der Waals surface area contributed by atoms with Crippen LogP contribution in [0.25, 0.3) is 0 Å². The van der Waals surface area contributed by atoms with E-state index in [9.17, 15) is 8.42 Å². The highest BCUT2D eigenvalue weighted by atomic mass is 32.2. The van der Waals surface area contributed by atoms with Crippen LogP contribution in [-0.4, -0.2) is 43.9 Å². The van der Waals surface area contributed by atoms with Gasteiger partial charge in [-0.15, -0.1) is 0 Å². The molecule has 2 rings (SSSR count). The number of rotatable bonds is 6. The van der Waals surface area contributed by atoms with Gasteiger partial charge in [-0.25, -0.2) is 8.42 Å². The highest BCUT2D eigenvalue weighted by Crippen LogP contribution is 2.26. The van der Waals surface area contributed by atoms with E-state index >= 15 is 0 Å². The average Bonchev–Trinajstić information content (AvgIpc) is 2.98. The summed E-state index contributed by atoms with van der Waals surface area (Å²) in [5, 5.41) is 3.25. The number of hydrogen-bond donors (Lipinski definition) is 1. The van der Waals surface area contributed by atoms with E-state index in [1.54, 1.807) is 19.2 Å². The van der Waals surface area contributed by atoms with Gasteiger partial charge >= 0.3 is 0 Å². The van der Waals surface area contributed by atoms with Gasteiger partial charge in [0.15, 0.2) is 0 Å². The number of nitrogens with zero attached hydrogens (tertiary/aromatic N) is 1. The van der Waals surface area contributed by atoms with Crippen molar-refractivity contribution in [3.63, 3.8) is 0 Å². The van der Waals surface area contributed by atoms with E-state index in [2.05, 4.69) is 12.2 Å². The molecule has 1 fully saturated rings. The van der Waals surface area contributed by atoms with Crippen LogP contribution in [0.1, 0.15) is 19.8 Å². The second-order valence-corrected chi connectivity index (χ2v) is 8.14. The van der Waals surface area contributed by atoms with Crippen molar-refractivity contribution in [1.29, 1.82) is 0 Å². The van der Waals surface area contributed by atoms with E-state index in [4.69, 9.17) is 0 Å². The molecule has 1 aliphatic heterocycles. The van der Waals surface area contributed by atoms with Crippen molar-refractivity contribution in [1.82, 2.24) is 4.31 Å². The average molecular weight is 314 g/mol. The Morgan fingerprint density at radius 1 is 1.35 bits per heavy atom. The number of nitrogens with one attached hydrogen (secondary N) is 1. The van der Waals surface area contributed by atoms with Crippen molar-refractivity contribution < 1.29 is 8.42 Å². The van der Waals surface area contributed by atoms with Gasteiger partial charge in [0.25, 0.3) is 0 Å². The summed E-state index contributed by atoms with van der Waals surface area (Å²) in [6, 6.07) is 7.17. The smallest absolute Gasteiger partial charge is 0.243 e. The van der Waals surface area contributed by atoms with Gasteiger partial charge in [0.2, 0.25) is 10.0 Å². The van der Waals surface area contributed by atoms with Gasteiger partial charge in [-0.2, -0.15) is 16.1 Å². The van der Waals surface area contributed by atoms with Crippen LogP contribution >= 0.6 is 11.8 Å². The summed E-state index contributed by atoms with van der Waals surface area (Å²) in [7, 11) is -1.68. The Kier molecular flexibility index (Phi) is 5.35. The predicted molar refractivity (Wildman–Crippen MR) is 85.9 cm³/mol. The minimum atomic E-state index is -3.37. The molecule has 0 bridgehead atoms. The Hall–Kier alpha value is -0.720. The molecule has 1 heterocycles. The number of benzene rings is 1. The maximum absolute atomic E-state index is 12.5. The van der Waals surface area contributed by atoms with Crippen LogP contribution in [-0.2, 0) is 10.0 Å². The van der Waals surface area contributed by atoms with Gasteiger partial charge in [-0.3, -0.25) is 0 Å². The van der Waals surface area contributed by atoms with Crippen molar-refractivity contribution in [2.24, 2.45) is 0 Å². The Morgan fingerprint density at radius 2 is 2.05 bits per heavy atom. The maximum Gasteiger partial charge on any atom is 0.243 e. The number of sulfonamides is 1. The summed E-state index contributed by atoms with van der Waals surface area (Å²) >= 11 is 1.82. The molecule has 0 spiro atoms. The number of anilines is 1. The minimum absolute atomic E-state index is 0.128. The molecule has 4 nitrogen and oxygen atoms in total. The lowest BCUT2D eigenvalue weighted by Gasteiger charge is -2.23. The third-order valence-electron chi connectivity index (χ3n) is 3.53. The Labute approximate surface area is 126 Å². The molecule has 112 valence electrons. The summed E-state index contributed by atoms with van der Waals surface area (Å²) < 4.78 is 26.6. The van der Waals surface area contributed by atoms with Gasteiger partial charge in [-0.1, -0.05) is 6.92 Å². The fourth-order valence-corrected chi connectivity index (χ4v) is 4.93. The fourth-order valence-electron chi connectivity index (χ4n) is 2.19. The molecule has 1 saturated heterocycles. The van der Waals surface area contributed by atoms with E-state index in [0.29, 0.717) is 4.90 Å². The molecule has 0 aromatic heterocycles. The molecule has 1 N–H and O–H groups in total. The predicted octanol–water partition coefficient (Wildman–Crippen LogP) is 2.63. The van der Waals surface area contributed by atoms with Crippen LogP contribution < -0.4 is 5.32 Å². The zero-order valence-electron chi connectivity index (χ0n) is 12.0. The quantitative estimate of drug-likeness (QED) is 0.877. The molecule has 1 aromatic carbocycles.